The Morgan fingerprint density at radius 2 is 1.53 bits per heavy atom. The molecule has 0 saturated carbocycles. The Hall–Kier alpha value is -2.92. The number of benzene rings is 3. The zero-order valence-electron chi connectivity index (χ0n) is 21.8. The number of ether oxygens (including phenoxy) is 1. The molecule has 3 aromatic carbocycles. The molecule has 0 aliphatic carbocycles. The summed E-state index contributed by atoms with van der Waals surface area (Å²) >= 11 is 3.51. The van der Waals surface area contributed by atoms with Crippen molar-refractivity contribution in [3.8, 4) is 12.3 Å². The SMILES string of the molecule is C#CC.C=CC(C)N=C1OCc2cccc(Br)c21.C=CCC.CP(c1ccccc1)c1ccccc1. The van der Waals surface area contributed by atoms with E-state index in [0.29, 0.717) is 12.5 Å². The van der Waals surface area contributed by atoms with Crippen molar-refractivity contribution in [3.63, 3.8) is 0 Å². The molecule has 0 fully saturated rings. The van der Waals surface area contributed by atoms with E-state index in [4.69, 9.17) is 4.74 Å². The Bertz CT molecular complexity index is 1080. The Morgan fingerprint density at radius 3 is 1.97 bits per heavy atom. The molecule has 1 aliphatic heterocycles. The number of nitrogens with zero attached hydrogens (tertiary/aromatic N) is 1. The number of halogens is 1. The Kier molecular flexibility index (Phi) is 15.9. The van der Waals surface area contributed by atoms with E-state index in [1.165, 1.54) is 16.2 Å². The molecular formula is C32H37BrNOP. The van der Waals surface area contributed by atoms with Crippen LogP contribution in [0.15, 0.2) is 114 Å². The van der Waals surface area contributed by atoms with E-state index in [1.54, 1.807) is 13.0 Å². The Labute approximate surface area is 228 Å². The molecule has 1 heterocycles. The lowest BCUT2D eigenvalue weighted by Gasteiger charge is -2.12. The van der Waals surface area contributed by atoms with Gasteiger partial charge in [0.1, 0.15) is 6.61 Å². The second-order valence-electron chi connectivity index (χ2n) is 7.69. The first-order valence-electron chi connectivity index (χ1n) is 11.9. The predicted octanol–water partition coefficient (Wildman–Crippen LogP) is 8.27. The maximum atomic E-state index is 5.55. The molecule has 4 heteroatoms. The van der Waals surface area contributed by atoms with Gasteiger partial charge in [0.25, 0.3) is 0 Å². The van der Waals surface area contributed by atoms with Crippen LogP contribution in [0.3, 0.4) is 0 Å². The average molecular weight is 563 g/mol. The highest BCUT2D eigenvalue weighted by atomic mass is 79.9. The molecule has 36 heavy (non-hydrogen) atoms. The summed E-state index contributed by atoms with van der Waals surface area (Å²) in [4.78, 5) is 4.44. The maximum Gasteiger partial charge on any atom is 0.218 e. The quantitative estimate of drug-likeness (QED) is 0.174. The molecule has 0 aromatic heterocycles. The highest BCUT2D eigenvalue weighted by molar-refractivity contribution is 9.10. The number of aliphatic imine (C=N–C) groups is 1. The lowest BCUT2D eigenvalue weighted by atomic mass is 10.1. The topological polar surface area (TPSA) is 21.6 Å². The fraction of sp³-hybridized carbons (Fsp3) is 0.219. The van der Waals surface area contributed by atoms with Crippen molar-refractivity contribution >= 4 is 40.4 Å². The van der Waals surface area contributed by atoms with Gasteiger partial charge >= 0.3 is 0 Å². The summed E-state index contributed by atoms with van der Waals surface area (Å²) in [5.74, 6) is 2.96. The second-order valence-corrected chi connectivity index (χ2v) is 10.7. The van der Waals surface area contributed by atoms with Gasteiger partial charge in [-0.1, -0.05) is 91.9 Å². The van der Waals surface area contributed by atoms with Gasteiger partial charge in [0.2, 0.25) is 5.90 Å². The van der Waals surface area contributed by atoms with Crippen LogP contribution in [0.25, 0.3) is 0 Å². The molecule has 0 radical (unpaired) electrons. The van der Waals surface area contributed by atoms with E-state index in [0.717, 1.165) is 16.5 Å². The minimum Gasteiger partial charge on any atom is -0.473 e. The van der Waals surface area contributed by atoms with Crippen molar-refractivity contribution in [1.82, 2.24) is 0 Å². The molecule has 188 valence electrons. The monoisotopic (exact) mass is 561 g/mol. The van der Waals surface area contributed by atoms with Crippen molar-refractivity contribution in [1.29, 1.82) is 0 Å². The molecular weight excluding hydrogens is 525 g/mol. The number of allylic oxidation sites excluding steroid dienone is 1. The van der Waals surface area contributed by atoms with Crippen LogP contribution in [0.4, 0.5) is 0 Å². The molecule has 0 N–H and O–H groups in total. The molecule has 1 atom stereocenters. The van der Waals surface area contributed by atoms with Gasteiger partial charge in [0.05, 0.1) is 11.6 Å². The normalized spacial score (nSPS) is 12.6. The minimum atomic E-state index is -0.171. The first-order valence-corrected chi connectivity index (χ1v) is 14.4. The average Bonchev–Trinajstić information content (AvgIpc) is 3.34. The lowest BCUT2D eigenvalue weighted by molar-refractivity contribution is 0.310. The van der Waals surface area contributed by atoms with Crippen molar-refractivity contribution in [2.75, 3.05) is 6.66 Å². The van der Waals surface area contributed by atoms with Crippen molar-refractivity contribution in [2.45, 2.75) is 39.8 Å². The molecule has 0 spiro atoms. The van der Waals surface area contributed by atoms with Gasteiger partial charge in [0, 0.05) is 10.0 Å². The van der Waals surface area contributed by atoms with Crippen molar-refractivity contribution < 1.29 is 4.74 Å². The smallest absolute Gasteiger partial charge is 0.218 e. The van der Waals surface area contributed by atoms with Gasteiger partial charge in [-0.3, -0.25) is 0 Å². The summed E-state index contributed by atoms with van der Waals surface area (Å²) in [5.41, 5.74) is 2.26. The first-order chi connectivity index (χ1) is 17.4. The molecule has 1 unspecified atom stereocenters. The summed E-state index contributed by atoms with van der Waals surface area (Å²) in [7, 11) is -0.171. The van der Waals surface area contributed by atoms with Crippen molar-refractivity contribution in [3.05, 3.63) is 120 Å². The number of fused-ring (bicyclic) bond motifs is 1. The fourth-order valence-electron chi connectivity index (χ4n) is 2.94. The number of hydrogen-bond donors (Lipinski definition) is 0. The van der Waals surface area contributed by atoms with Crippen LogP contribution in [0.5, 0.6) is 0 Å². The molecule has 0 bridgehead atoms. The van der Waals surface area contributed by atoms with E-state index in [-0.39, 0.29) is 14.0 Å². The standard InChI is InChI=1S/C13H13P.C12H12BrNO.C4H8.C3H4/c1-14(12-8-4-2-5-9-12)13-10-6-3-7-11-13;1-3-8(2)14-12-11-9(7-15-12)5-4-6-10(11)13;1-3-4-2;1-3-2/h2-11H,1H3;3-6,8H,1,7H2,2H3;3H,1,4H2,2H3;1H,2H3. The van der Waals surface area contributed by atoms with E-state index in [2.05, 4.69) is 127 Å². The summed E-state index contributed by atoms with van der Waals surface area (Å²) in [6.07, 6.45) is 9.35. The summed E-state index contributed by atoms with van der Waals surface area (Å²) in [5, 5.41) is 2.88. The molecule has 2 nitrogen and oxygen atoms in total. The number of hydrogen-bond acceptors (Lipinski definition) is 2. The number of terminal acetylenes is 1. The van der Waals surface area contributed by atoms with Gasteiger partial charge in [0.15, 0.2) is 0 Å². The maximum absolute atomic E-state index is 5.55. The largest absolute Gasteiger partial charge is 0.473 e. The fourth-order valence-corrected chi connectivity index (χ4v) is 5.05. The predicted molar refractivity (Wildman–Crippen MR) is 165 cm³/mol. The van der Waals surface area contributed by atoms with Gasteiger partial charge in [-0.05, 0) is 67.5 Å². The Morgan fingerprint density at radius 1 is 1.03 bits per heavy atom. The lowest BCUT2D eigenvalue weighted by Crippen LogP contribution is -2.09. The van der Waals surface area contributed by atoms with Crippen LogP contribution in [-0.4, -0.2) is 18.6 Å². The third-order valence-corrected chi connectivity index (χ3v) is 7.72. The van der Waals surface area contributed by atoms with Crippen LogP contribution < -0.4 is 10.6 Å². The van der Waals surface area contributed by atoms with Gasteiger partial charge in [-0.15, -0.1) is 25.5 Å². The van der Waals surface area contributed by atoms with E-state index in [1.807, 2.05) is 25.1 Å². The zero-order valence-corrected chi connectivity index (χ0v) is 24.3. The van der Waals surface area contributed by atoms with E-state index >= 15 is 0 Å². The van der Waals surface area contributed by atoms with Gasteiger partial charge in [-0.2, -0.15) is 0 Å². The molecule has 4 rings (SSSR count). The molecule has 1 aliphatic rings. The van der Waals surface area contributed by atoms with E-state index in [9.17, 15) is 0 Å². The van der Waals surface area contributed by atoms with Crippen LogP contribution in [-0.2, 0) is 11.3 Å². The third-order valence-electron chi connectivity index (χ3n) is 4.92. The molecule has 0 saturated heterocycles. The third kappa shape index (κ3) is 10.8. The molecule has 0 amide bonds. The Balaban J connectivity index is 0.000000288. The van der Waals surface area contributed by atoms with Crippen LogP contribution in [0, 0.1) is 12.3 Å². The molecule has 3 aromatic rings. The van der Waals surface area contributed by atoms with Crippen LogP contribution in [0.1, 0.15) is 38.3 Å². The van der Waals surface area contributed by atoms with Crippen LogP contribution >= 0.6 is 23.9 Å². The minimum absolute atomic E-state index is 0.0815. The second kappa shape index (κ2) is 18.4. The van der Waals surface area contributed by atoms with E-state index < -0.39 is 0 Å². The number of rotatable bonds is 5. The zero-order chi connectivity index (χ0) is 26.8. The van der Waals surface area contributed by atoms with Crippen molar-refractivity contribution in [2.24, 2.45) is 4.99 Å². The van der Waals surface area contributed by atoms with Crippen LogP contribution in [0.2, 0.25) is 0 Å². The highest BCUT2D eigenvalue weighted by Crippen LogP contribution is 2.28. The van der Waals surface area contributed by atoms with Gasteiger partial charge < -0.3 is 4.74 Å². The van der Waals surface area contributed by atoms with Gasteiger partial charge in [-0.25, -0.2) is 4.99 Å². The summed E-state index contributed by atoms with van der Waals surface area (Å²) < 4.78 is 6.58. The first kappa shape index (κ1) is 31.1. The summed E-state index contributed by atoms with van der Waals surface area (Å²) in [6, 6.07) is 27.5. The summed E-state index contributed by atoms with van der Waals surface area (Å²) in [6.45, 7) is 15.8. The highest BCUT2D eigenvalue weighted by Gasteiger charge is 2.21.